The van der Waals surface area contributed by atoms with E-state index in [0.717, 1.165) is 43.2 Å². The summed E-state index contributed by atoms with van der Waals surface area (Å²) >= 11 is 0. The highest BCUT2D eigenvalue weighted by Gasteiger charge is 2.04. The van der Waals surface area contributed by atoms with Crippen molar-refractivity contribution < 1.29 is 9.47 Å². The Morgan fingerprint density at radius 3 is 2.63 bits per heavy atom. The van der Waals surface area contributed by atoms with Gasteiger partial charge in [0.2, 0.25) is 0 Å². The molecule has 1 rings (SSSR count). The Bertz CT molecular complexity index is 360. The number of hydrogen-bond donors (Lipinski definition) is 2. The van der Waals surface area contributed by atoms with Crippen LogP contribution in [0.5, 0.6) is 0 Å². The lowest BCUT2D eigenvalue weighted by Gasteiger charge is -2.10. The standard InChI is InChI=1S/C13H24N4O2/c1-11-12(14-2)16-10-17-13(11)15-6-4-5-7-19-9-8-18-3/h10H,4-9H2,1-3H3,(H2,14,15,16,17). The summed E-state index contributed by atoms with van der Waals surface area (Å²) in [6, 6.07) is 0. The zero-order chi connectivity index (χ0) is 13.9. The van der Waals surface area contributed by atoms with Crippen molar-refractivity contribution in [1.29, 1.82) is 0 Å². The topological polar surface area (TPSA) is 68.3 Å². The van der Waals surface area contributed by atoms with Gasteiger partial charge in [0.05, 0.1) is 13.2 Å². The molecule has 6 heteroatoms. The minimum absolute atomic E-state index is 0.658. The molecule has 0 saturated heterocycles. The average Bonchev–Trinajstić information content (AvgIpc) is 2.43. The number of ether oxygens (including phenoxy) is 2. The van der Waals surface area contributed by atoms with E-state index in [1.807, 2.05) is 14.0 Å². The second kappa shape index (κ2) is 9.52. The van der Waals surface area contributed by atoms with Crippen LogP contribution in [0.2, 0.25) is 0 Å². The van der Waals surface area contributed by atoms with Gasteiger partial charge in [0.15, 0.2) is 0 Å². The Morgan fingerprint density at radius 1 is 1.11 bits per heavy atom. The molecule has 1 aromatic rings. The molecule has 0 bridgehead atoms. The molecule has 1 aromatic heterocycles. The van der Waals surface area contributed by atoms with Crippen molar-refractivity contribution in [2.45, 2.75) is 19.8 Å². The van der Waals surface area contributed by atoms with Gasteiger partial charge in [0.1, 0.15) is 18.0 Å². The minimum Gasteiger partial charge on any atom is -0.382 e. The third-order valence-corrected chi connectivity index (χ3v) is 2.76. The SMILES string of the molecule is CNc1ncnc(NCCCCOCCOC)c1C. The van der Waals surface area contributed by atoms with Gasteiger partial charge in [0, 0.05) is 32.9 Å². The van der Waals surface area contributed by atoms with E-state index < -0.39 is 0 Å². The molecule has 108 valence electrons. The summed E-state index contributed by atoms with van der Waals surface area (Å²) in [4.78, 5) is 8.38. The average molecular weight is 268 g/mol. The van der Waals surface area contributed by atoms with E-state index in [2.05, 4.69) is 20.6 Å². The summed E-state index contributed by atoms with van der Waals surface area (Å²) in [7, 11) is 3.53. The van der Waals surface area contributed by atoms with E-state index in [1.165, 1.54) is 0 Å². The number of rotatable bonds is 10. The molecule has 2 N–H and O–H groups in total. The van der Waals surface area contributed by atoms with Crippen molar-refractivity contribution in [3.63, 3.8) is 0 Å². The second-order valence-electron chi connectivity index (χ2n) is 4.18. The van der Waals surface area contributed by atoms with Crippen LogP contribution in [0.4, 0.5) is 11.6 Å². The smallest absolute Gasteiger partial charge is 0.134 e. The molecule has 0 aliphatic heterocycles. The Hall–Kier alpha value is -1.40. The molecule has 0 unspecified atom stereocenters. The van der Waals surface area contributed by atoms with Crippen LogP contribution < -0.4 is 10.6 Å². The van der Waals surface area contributed by atoms with E-state index in [1.54, 1.807) is 13.4 Å². The molecule has 0 atom stereocenters. The molecule has 0 saturated carbocycles. The van der Waals surface area contributed by atoms with E-state index in [9.17, 15) is 0 Å². The van der Waals surface area contributed by atoms with E-state index >= 15 is 0 Å². The Balaban J connectivity index is 2.16. The number of hydrogen-bond acceptors (Lipinski definition) is 6. The first-order valence-corrected chi connectivity index (χ1v) is 6.59. The van der Waals surface area contributed by atoms with Crippen LogP contribution in [0.3, 0.4) is 0 Å². The predicted octanol–water partition coefficient (Wildman–Crippen LogP) is 1.68. The number of aromatic nitrogens is 2. The van der Waals surface area contributed by atoms with Crippen LogP contribution >= 0.6 is 0 Å². The quantitative estimate of drug-likeness (QED) is 0.629. The van der Waals surface area contributed by atoms with Gasteiger partial charge in [0.25, 0.3) is 0 Å². The lowest BCUT2D eigenvalue weighted by molar-refractivity contribution is 0.0691. The monoisotopic (exact) mass is 268 g/mol. The molecule has 0 fully saturated rings. The Kier molecular flexibility index (Phi) is 7.84. The summed E-state index contributed by atoms with van der Waals surface area (Å²) < 4.78 is 10.3. The second-order valence-corrected chi connectivity index (χ2v) is 4.18. The van der Waals surface area contributed by atoms with Crippen molar-refractivity contribution >= 4 is 11.6 Å². The first-order valence-electron chi connectivity index (χ1n) is 6.59. The van der Waals surface area contributed by atoms with Crippen LogP contribution in [0.1, 0.15) is 18.4 Å². The fraction of sp³-hybridized carbons (Fsp3) is 0.692. The fourth-order valence-electron chi connectivity index (χ4n) is 1.66. The maximum atomic E-state index is 5.40. The molecular formula is C13H24N4O2. The molecule has 0 radical (unpaired) electrons. The highest BCUT2D eigenvalue weighted by molar-refractivity contribution is 5.55. The van der Waals surface area contributed by atoms with Gasteiger partial charge in [-0.3, -0.25) is 0 Å². The molecule has 0 amide bonds. The van der Waals surface area contributed by atoms with E-state index in [-0.39, 0.29) is 0 Å². The molecule has 1 heterocycles. The molecule has 19 heavy (non-hydrogen) atoms. The molecule has 0 aliphatic rings. The lowest BCUT2D eigenvalue weighted by atomic mass is 10.3. The predicted molar refractivity (Wildman–Crippen MR) is 76.7 cm³/mol. The normalized spacial score (nSPS) is 10.5. The molecule has 0 aliphatic carbocycles. The Morgan fingerprint density at radius 2 is 1.89 bits per heavy atom. The summed E-state index contributed by atoms with van der Waals surface area (Å²) in [5.74, 6) is 1.75. The van der Waals surface area contributed by atoms with E-state index in [0.29, 0.717) is 13.2 Å². The highest BCUT2D eigenvalue weighted by atomic mass is 16.5. The van der Waals surface area contributed by atoms with Crippen molar-refractivity contribution in [1.82, 2.24) is 9.97 Å². The maximum absolute atomic E-state index is 5.40. The summed E-state index contributed by atoms with van der Waals surface area (Å²) in [5.41, 5.74) is 1.04. The van der Waals surface area contributed by atoms with Gasteiger partial charge in [-0.15, -0.1) is 0 Å². The van der Waals surface area contributed by atoms with Gasteiger partial charge >= 0.3 is 0 Å². The van der Waals surface area contributed by atoms with Crippen molar-refractivity contribution in [2.24, 2.45) is 0 Å². The lowest BCUT2D eigenvalue weighted by Crippen LogP contribution is -2.09. The summed E-state index contributed by atoms with van der Waals surface area (Å²) in [5, 5.41) is 6.36. The number of nitrogens with one attached hydrogen (secondary N) is 2. The van der Waals surface area contributed by atoms with Crippen molar-refractivity contribution in [2.75, 3.05) is 51.2 Å². The first-order chi connectivity index (χ1) is 9.29. The Labute approximate surface area is 114 Å². The van der Waals surface area contributed by atoms with E-state index in [4.69, 9.17) is 9.47 Å². The zero-order valence-electron chi connectivity index (χ0n) is 12.0. The summed E-state index contributed by atoms with van der Waals surface area (Å²) in [6.45, 7) is 4.98. The molecule has 0 aromatic carbocycles. The third kappa shape index (κ3) is 5.85. The van der Waals surface area contributed by atoms with Crippen molar-refractivity contribution in [3.8, 4) is 0 Å². The summed E-state index contributed by atoms with van der Waals surface area (Å²) in [6.07, 6.45) is 3.64. The molecule has 6 nitrogen and oxygen atoms in total. The van der Waals surface area contributed by atoms with Gasteiger partial charge in [-0.25, -0.2) is 9.97 Å². The van der Waals surface area contributed by atoms with Crippen molar-refractivity contribution in [3.05, 3.63) is 11.9 Å². The maximum Gasteiger partial charge on any atom is 0.134 e. The van der Waals surface area contributed by atoms with Gasteiger partial charge in [-0.2, -0.15) is 0 Å². The van der Waals surface area contributed by atoms with Crippen LogP contribution in [0, 0.1) is 6.92 Å². The third-order valence-electron chi connectivity index (χ3n) is 2.76. The van der Waals surface area contributed by atoms with Crippen LogP contribution in [-0.2, 0) is 9.47 Å². The van der Waals surface area contributed by atoms with Gasteiger partial charge in [-0.1, -0.05) is 0 Å². The number of anilines is 2. The first kappa shape index (κ1) is 15.7. The number of methoxy groups -OCH3 is 1. The largest absolute Gasteiger partial charge is 0.382 e. The minimum atomic E-state index is 0.658. The highest BCUT2D eigenvalue weighted by Crippen LogP contribution is 2.17. The fourth-order valence-corrected chi connectivity index (χ4v) is 1.66. The van der Waals surface area contributed by atoms with Crippen LogP contribution in [-0.4, -0.2) is 50.5 Å². The van der Waals surface area contributed by atoms with Crippen LogP contribution in [0.25, 0.3) is 0 Å². The van der Waals surface area contributed by atoms with Crippen LogP contribution in [0.15, 0.2) is 6.33 Å². The van der Waals surface area contributed by atoms with Gasteiger partial charge in [-0.05, 0) is 19.8 Å². The molecule has 0 spiro atoms. The zero-order valence-corrected chi connectivity index (χ0v) is 12.0. The number of unbranched alkanes of at least 4 members (excludes halogenated alkanes) is 1. The number of nitrogens with zero attached hydrogens (tertiary/aromatic N) is 2. The van der Waals surface area contributed by atoms with Gasteiger partial charge < -0.3 is 20.1 Å². The molecular weight excluding hydrogens is 244 g/mol.